The molecule has 1 fully saturated rings. The van der Waals surface area contributed by atoms with Crippen LogP contribution >= 0.6 is 0 Å². The number of carbonyl (C=O) groups is 1. The molecule has 0 spiro atoms. The van der Waals surface area contributed by atoms with Crippen molar-refractivity contribution in [1.29, 1.82) is 0 Å². The topological polar surface area (TPSA) is 138 Å². The molecule has 0 unspecified atom stereocenters. The van der Waals surface area contributed by atoms with E-state index in [0.717, 1.165) is 11.4 Å². The average Bonchev–Trinajstić information content (AvgIpc) is 3.04. The van der Waals surface area contributed by atoms with Crippen molar-refractivity contribution in [1.82, 2.24) is 34.4 Å². The maximum atomic E-state index is 12.9. The maximum Gasteiger partial charge on any atom is 0.292 e. The molecule has 3 aromatic heterocycles. The number of rotatable bonds is 2. The number of hydrogen-bond donors (Lipinski definition) is 2. The Balaban J connectivity index is 1.53. The number of carbonyl (C=O) groups excluding carboxylic acids is 1. The first-order chi connectivity index (χ1) is 12.9. The van der Waals surface area contributed by atoms with Crippen molar-refractivity contribution in [2.75, 3.05) is 36.8 Å². The fraction of sp³-hybridized carbons (Fsp3) is 0.375. The van der Waals surface area contributed by atoms with Crippen LogP contribution in [0.1, 0.15) is 22.0 Å². The summed E-state index contributed by atoms with van der Waals surface area (Å²) in [6.45, 7) is 5.78. The third-order valence-electron chi connectivity index (χ3n) is 4.52. The molecule has 3 aromatic rings. The van der Waals surface area contributed by atoms with Gasteiger partial charge in [-0.2, -0.15) is 4.98 Å². The van der Waals surface area contributed by atoms with Gasteiger partial charge in [-0.15, -0.1) is 10.2 Å². The van der Waals surface area contributed by atoms with Crippen LogP contribution in [0.3, 0.4) is 0 Å². The predicted molar refractivity (Wildman–Crippen MR) is 97.6 cm³/mol. The van der Waals surface area contributed by atoms with Crippen LogP contribution in [0.25, 0.3) is 5.78 Å². The summed E-state index contributed by atoms with van der Waals surface area (Å²) in [5.41, 5.74) is 6.98. The summed E-state index contributed by atoms with van der Waals surface area (Å²) in [7, 11) is 0. The average molecular weight is 369 g/mol. The zero-order valence-corrected chi connectivity index (χ0v) is 15.0. The van der Waals surface area contributed by atoms with Crippen molar-refractivity contribution in [3.63, 3.8) is 0 Å². The Morgan fingerprint density at radius 1 is 1.11 bits per heavy atom. The first kappa shape index (κ1) is 16.9. The largest absolute Gasteiger partial charge is 0.369 e. The van der Waals surface area contributed by atoms with Crippen LogP contribution in [0.5, 0.6) is 0 Å². The van der Waals surface area contributed by atoms with Crippen LogP contribution in [0, 0.1) is 13.8 Å². The van der Waals surface area contributed by atoms with E-state index in [4.69, 9.17) is 5.73 Å². The van der Waals surface area contributed by atoms with E-state index in [-0.39, 0.29) is 23.2 Å². The zero-order chi connectivity index (χ0) is 19.1. The molecular weight excluding hydrogens is 350 g/mol. The summed E-state index contributed by atoms with van der Waals surface area (Å²) in [4.78, 5) is 39.0. The molecule has 1 amide bonds. The van der Waals surface area contributed by atoms with Crippen LogP contribution in [-0.2, 0) is 0 Å². The number of aromatic nitrogens is 6. The van der Waals surface area contributed by atoms with Gasteiger partial charge in [0.05, 0.1) is 0 Å². The number of piperazine rings is 1. The van der Waals surface area contributed by atoms with Gasteiger partial charge in [0.2, 0.25) is 11.8 Å². The number of nitrogens with one attached hydrogen (secondary N) is 1. The lowest BCUT2D eigenvalue weighted by Crippen LogP contribution is -2.49. The van der Waals surface area contributed by atoms with Crippen LogP contribution in [0.2, 0.25) is 0 Å². The van der Waals surface area contributed by atoms with Gasteiger partial charge in [0.1, 0.15) is 5.82 Å². The lowest BCUT2D eigenvalue weighted by atomic mass is 10.3. The molecule has 1 saturated heterocycles. The van der Waals surface area contributed by atoms with Gasteiger partial charge < -0.3 is 15.5 Å². The summed E-state index contributed by atoms with van der Waals surface area (Å²) < 4.78 is 1.67. The molecule has 0 aromatic carbocycles. The van der Waals surface area contributed by atoms with Crippen molar-refractivity contribution in [3.8, 4) is 0 Å². The summed E-state index contributed by atoms with van der Waals surface area (Å²) in [5, 5.41) is 8.06. The standard InChI is InChI=1S/C16H19N9O2/c1-9-7-10(2)25-13(21-22-16(25)18-9)14(27)24-5-3-23(4-6-24)11-8-12(26)20-15(17)19-11/h7-8H,3-6H2,1-2H3,(H3,17,19,20,26). The highest BCUT2D eigenvalue weighted by molar-refractivity contribution is 5.91. The van der Waals surface area contributed by atoms with Gasteiger partial charge in [-0.05, 0) is 19.9 Å². The Kier molecular flexibility index (Phi) is 3.98. The number of fused-ring (bicyclic) bond motifs is 1. The Hall–Kier alpha value is -3.50. The van der Waals surface area contributed by atoms with E-state index in [1.807, 2.05) is 24.8 Å². The molecule has 0 radical (unpaired) electrons. The second kappa shape index (κ2) is 6.34. The molecule has 0 bridgehead atoms. The van der Waals surface area contributed by atoms with E-state index in [0.29, 0.717) is 37.8 Å². The number of nitrogens with two attached hydrogens (primary N) is 1. The van der Waals surface area contributed by atoms with E-state index >= 15 is 0 Å². The number of anilines is 2. The van der Waals surface area contributed by atoms with Crippen LogP contribution < -0.4 is 16.2 Å². The molecule has 11 nitrogen and oxygen atoms in total. The number of nitrogens with zero attached hydrogens (tertiary/aromatic N) is 7. The molecule has 140 valence electrons. The SMILES string of the molecule is Cc1cc(C)n2c(C(=O)N3CCN(c4cc(=O)[nH]c(N)n4)CC3)nnc2n1. The number of nitrogen functional groups attached to an aromatic ring is 1. The first-order valence-electron chi connectivity index (χ1n) is 8.53. The molecule has 4 heterocycles. The molecule has 0 saturated carbocycles. The third kappa shape index (κ3) is 3.07. The monoisotopic (exact) mass is 369 g/mol. The number of amides is 1. The second-order valence-electron chi connectivity index (χ2n) is 6.47. The van der Waals surface area contributed by atoms with E-state index in [2.05, 4.69) is 25.1 Å². The van der Waals surface area contributed by atoms with Gasteiger partial charge in [0, 0.05) is 43.6 Å². The highest BCUT2D eigenvalue weighted by Crippen LogP contribution is 2.15. The number of aromatic amines is 1. The lowest BCUT2D eigenvalue weighted by molar-refractivity contribution is 0.0732. The fourth-order valence-corrected chi connectivity index (χ4v) is 3.27. The zero-order valence-electron chi connectivity index (χ0n) is 15.0. The molecule has 3 N–H and O–H groups in total. The van der Waals surface area contributed by atoms with Gasteiger partial charge >= 0.3 is 0 Å². The smallest absolute Gasteiger partial charge is 0.292 e. The highest BCUT2D eigenvalue weighted by atomic mass is 16.2. The molecule has 4 rings (SSSR count). The molecule has 11 heteroatoms. The minimum Gasteiger partial charge on any atom is -0.369 e. The summed E-state index contributed by atoms with van der Waals surface area (Å²) in [5.74, 6) is 1.05. The van der Waals surface area contributed by atoms with Crippen molar-refractivity contribution in [2.45, 2.75) is 13.8 Å². The lowest BCUT2D eigenvalue weighted by Gasteiger charge is -2.34. The van der Waals surface area contributed by atoms with Crippen molar-refractivity contribution >= 4 is 23.5 Å². The minimum atomic E-state index is -0.302. The van der Waals surface area contributed by atoms with Crippen LogP contribution in [0.4, 0.5) is 11.8 Å². The minimum absolute atomic E-state index is 0.0733. The molecule has 0 atom stereocenters. The van der Waals surface area contributed by atoms with Crippen LogP contribution in [0.15, 0.2) is 16.9 Å². The van der Waals surface area contributed by atoms with Gasteiger partial charge in [-0.25, -0.2) is 4.98 Å². The highest BCUT2D eigenvalue weighted by Gasteiger charge is 2.27. The van der Waals surface area contributed by atoms with Crippen LogP contribution in [-0.4, -0.2) is 66.5 Å². The van der Waals surface area contributed by atoms with E-state index in [9.17, 15) is 9.59 Å². The first-order valence-corrected chi connectivity index (χ1v) is 8.53. The number of hydrogen-bond acceptors (Lipinski definition) is 8. The predicted octanol–water partition coefficient (Wildman–Crippen LogP) is -0.631. The summed E-state index contributed by atoms with van der Waals surface area (Å²) in [6, 6.07) is 3.28. The van der Waals surface area contributed by atoms with Gasteiger partial charge in [0.15, 0.2) is 0 Å². The van der Waals surface area contributed by atoms with E-state index < -0.39 is 0 Å². The molecule has 1 aliphatic rings. The molecule has 0 aliphatic carbocycles. The fourth-order valence-electron chi connectivity index (χ4n) is 3.27. The van der Waals surface area contributed by atoms with Gasteiger partial charge in [-0.1, -0.05) is 0 Å². The van der Waals surface area contributed by atoms with Crippen molar-refractivity contribution in [3.05, 3.63) is 39.7 Å². The normalized spacial score (nSPS) is 14.7. The molecule has 27 heavy (non-hydrogen) atoms. The number of H-pyrrole nitrogens is 1. The second-order valence-corrected chi connectivity index (χ2v) is 6.47. The molecule has 1 aliphatic heterocycles. The number of aryl methyl sites for hydroxylation is 2. The Labute approximate surface area is 153 Å². The van der Waals surface area contributed by atoms with E-state index in [1.54, 1.807) is 9.30 Å². The van der Waals surface area contributed by atoms with Crippen molar-refractivity contribution in [2.24, 2.45) is 0 Å². The third-order valence-corrected chi connectivity index (χ3v) is 4.52. The quantitative estimate of drug-likeness (QED) is 0.609. The van der Waals surface area contributed by atoms with Gasteiger partial charge in [-0.3, -0.25) is 19.0 Å². The Morgan fingerprint density at radius 2 is 1.85 bits per heavy atom. The molecular formula is C16H19N9O2. The van der Waals surface area contributed by atoms with E-state index in [1.165, 1.54) is 6.07 Å². The maximum absolute atomic E-state index is 12.9. The van der Waals surface area contributed by atoms with Crippen molar-refractivity contribution < 1.29 is 4.79 Å². The summed E-state index contributed by atoms with van der Waals surface area (Å²) >= 11 is 0. The Morgan fingerprint density at radius 3 is 2.56 bits per heavy atom. The van der Waals surface area contributed by atoms with Gasteiger partial charge in [0.25, 0.3) is 17.2 Å². The Bertz CT molecular complexity index is 1080. The summed E-state index contributed by atoms with van der Waals surface area (Å²) in [6.07, 6.45) is 0.